The molecule has 0 aliphatic rings. The van der Waals surface area contributed by atoms with Crippen LogP contribution in [-0.4, -0.2) is 39.0 Å². The fourth-order valence-corrected chi connectivity index (χ4v) is 0.655. The molecule has 0 rings (SSSR count). The van der Waals surface area contributed by atoms with Gasteiger partial charge in [0.25, 0.3) is 0 Å². The van der Waals surface area contributed by atoms with Crippen LogP contribution >= 0.6 is 11.6 Å². The van der Waals surface area contributed by atoms with E-state index in [2.05, 4.69) is 4.74 Å². The number of carbonyl (C=O) groups excluding carboxylic acids is 1. The van der Waals surface area contributed by atoms with Crippen LogP contribution in [0.4, 0.5) is 0 Å². The summed E-state index contributed by atoms with van der Waals surface area (Å²) < 4.78 is 14.2. The van der Waals surface area contributed by atoms with Crippen LogP contribution < -0.4 is 0 Å². The molecule has 0 spiro atoms. The lowest BCUT2D eigenvalue weighted by molar-refractivity contribution is -0.142. The number of methoxy groups -OCH3 is 1. The van der Waals surface area contributed by atoms with Crippen molar-refractivity contribution in [3.63, 3.8) is 0 Å². The lowest BCUT2D eigenvalue weighted by Gasteiger charge is -2.02. The van der Waals surface area contributed by atoms with E-state index >= 15 is 0 Å². The minimum Gasteiger partial charge on any atom is -0.449 e. The number of halogens is 1. The Bertz CT molecular complexity index is 118. The molecule has 0 saturated heterocycles. The van der Waals surface area contributed by atoms with E-state index in [-0.39, 0.29) is 18.5 Å². The Morgan fingerprint density at radius 2 is 2.08 bits per heavy atom. The van der Waals surface area contributed by atoms with Gasteiger partial charge in [0.15, 0.2) is 6.07 Å². The van der Waals surface area contributed by atoms with Gasteiger partial charge in [-0.15, -0.1) is 0 Å². The SMILES string of the molecule is COCCOCCC(=O)OCCl. The Labute approximate surface area is 76.7 Å². The molecule has 0 N–H and O–H groups in total. The fraction of sp³-hybridized carbons (Fsp3) is 0.857. The van der Waals surface area contributed by atoms with Crippen LogP contribution in [0.15, 0.2) is 0 Å². The van der Waals surface area contributed by atoms with E-state index in [1.807, 2.05) is 0 Å². The first-order chi connectivity index (χ1) is 5.81. The maximum absolute atomic E-state index is 10.7. The highest BCUT2D eigenvalue weighted by atomic mass is 35.5. The monoisotopic (exact) mass is 196 g/mol. The van der Waals surface area contributed by atoms with E-state index < -0.39 is 0 Å². The molecule has 0 aromatic heterocycles. The molecule has 0 unspecified atom stereocenters. The summed E-state index contributed by atoms with van der Waals surface area (Å²) in [6.07, 6.45) is 0.233. The second-order valence-electron chi connectivity index (χ2n) is 1.98. The van der Waals surface area contributed by atoms with Gasteiger partial charge in [-0.25, -0.2) is 0 Å². The summed E-state index contributed by atoms with van der Waals surface area (Å²) in [5.74, 6) is -0.345. The van der Waals surface area contributed by atoms with Crippen LogP contribution in [0.1, 0.15) is 6.42 Å². The van der Waals surface area contributed by atoms with Crippen LogP contribution in [0.2, 0.25) is 0 Å². The van der Waals surface area contributed by atoms with Gasteiger partial charge >= 0.3 is 5.97 Å². The van der Waals surface area contributed by atoms with Gasteiger partial charge in [-0.1, -0.05) is 11.6 Å². The molecule has 0 radical (unpaired) electrons. The topological polar surface area (TPSA) is 44.8 Å². The lowest BCUT2D eigenvalue weighted by Crippen LogP contribution is -2.09. The molecule has 0 aliphatic carbocycles. The molecular formula is C7H13ClO4. The van der Waals surface area contributed by atoms with Crippen molar-refractivity contribution < 1.29 is 19.0 Å². The summed E-state index contributed by atoms with van der Waals surface area (Å²) in [5.41, 5.74) is 0. The summed E-state index contributed by atoms with van der Waals surface area (Å²) in [7, 11) is 1.59. The van der Waals surface area contributed by atoms with Gasteiger partial charge in [0.05, 0.1) is 26.2 Å². The van der Waals surface area contributed by atoms with Crippen LogP contribution in [-0.2, 0) is 19.0 Å². The van der Waals surface area contributed by atoms with Gasteiger partial charge in [-0.05, 0) is 0 Å². The van der Waals surface area contributed by atoms with Crippen LogP contribution in [0.5, 0.6) is 0 Å². The normalized spacial score (nSPS) is 9.83. The second-order valence-corrected chi connectivity index (χ2v) is 2.20. The van der Waals surface area contributed by atoms with Gasteiger partial charge in [0.2, 0.25) is 0 Å². The van der Waals surface area contributed by atoms with Crippen LogP contribution in [0.3, 0.4) is 0 Å². The number of hydrogen-bond acceptors (Lipinski definition) is 4. The van der Waals surface area contributed by atoms with Gasteiger partial charge in [0.1, 0.15) is 0 Å². The van der Waals surface area contributed by atoms with Crippen molar-refractivity contribution in [2.24, 2.45) is 0 Å². The molecule has 0 aliphatic heterocycles. The molecule has 0 atom stereocenters. The second kappa shape index (κ2) is 8.77. The van der Waals surface area contributed by atoms with E-state index in [1.165, 1.54) is 0 Å². The zero-order chi connectivity index (χ0) is 9.23. The van der Waals surface area contributed by atoms with Crippen LogP contribution in [0.25, 0.3) is 0 Å². The summed E-state index contributed by atoms with van der Waals surface area (Å²) >= 11 is 5.16. The van der Waals surface area contributed by atoms with E-state index in [9.17, 15) is 4.79 Å². The summed E-state index contributed by atoms with van der Waals surface area (Å²) in [6.45, 7) is 1.37. The molecule has 5 heteroatoms. The Morgan fingerprint density at radius 3 is 2.67 bits per heavy atom. The van der Waals surface area contributed by atoms with Crippen molar-refractivity contribution in [3.05, 3.63) is 0 Å². The first kappa shape index (κ1) is 11.7. The number of hydrogen-bond donors (Lipinski definition) is 0. The highest BCUT2D eigenvalue weighted by Gasteiger charge is 2.00. The largest absolute Gasteiger partial charge is 0.449 e. The van der Waals surface area contributed by atoms with E-state index in [4.69, 9.17) is 21.1 Å². The van der Waals surface area contributed by atoms with Gasteiger partial charge in [0, 0.05) is 7.11 Å². The van der Waals surface area contributed by atoms with E-state index in [0.717, 1.165) is 0 Å². The Morgan fingerprint density at radius 1 is 1.33 bits per heavy atom. The number of alkyl halides is 1. The molecule has 4 nitrogen and oxygen atoms in total. The van der Waals surface area contributed by atoms with Crippen molar-refractivity contribution in [1.29, 1.82) is 0 Å². The highest BCUT2D eigenvalue weighted by molar-refractivity contribution is 6.17. The summed E-state index contributed by atoms with van der Waals surface area (Å²) in [6, 6.07) is -0.100. The minimum atomic E-state index is -0.345. The lowest BCUT2D eigenvalue weighted by atomic mass is 10.5. The Balaban J connectivity index is 3.03. The van der Waals surface area contributed by atoms with Gasteiger partial charge in [-0.3, -0.25) is 4.79 Å². The number of ether oxygens (including phenoxy) is 3. The first-order valence-electron chi connectivity index (χ1n) is 3.59. The van der Waals surface area contributed by atoms with Crippen molar-refractivity contribution in [2.45, 2.75) is 6.42 Å². The molecule has 0 amide bonds. The van der Waals surface area contributed by atoms with E-state index in [1.54, 1.807) is 7.11 Å². The predicted octanol–water partition coefficient (Wildman–Crippen LogP) is 0.779. The molecule has 0 bridgehead atoms. The first-order valence-corrected chi connectivity index (χ1v) is 4.13. The number of rotatable bonds is 7. The number of esters is 1. The third kappa shape index (κ3) is 7.78. The zero-order valence-electron chi connectivity index (χ0n) is 7.05. The third-order valence-corrected chi connectivity index (χ3v) is 1.21. The Hall–Kier alpha value is -0.320. The van der Waals surface area contributed by atoms with Crippen molar-refractivity contribution >= 4 is 17.6 Å². The van der Waals surface area contributed by atoms with Crippen molar-refractivity contribution in [3.8, 4) is 0 Å². The molecule has 0 fully saturated rings. The highest BCUT2D eigenvalue weighted by Crippen LogP contribution is 1.89. The molecule has 12 heavy (non-hydrogen) atoms. The average molecular weight is 197 g/mol. The van der Waals surface area contributed by atoms with Crippen molar-refractivity contribution in [1.82, 2.24) is 0 Å². The minimum absolute atomic E-state index is 0.100. The maximum Gasteiger partial charge on any atom is 0.309 e. The van der Waals surface area contributed by atoms with Gasteiger partial charge in [-0.2, -0.15) is 0 Å². The summed E-state index contributed by atoms with van der Waals surface area (Å²) in [5, 5.41) is 0. The maximum atomic E-state index is 10.7. The molecule has 0 heterocycles. The molecule has 0 aromatic rings. The molecule has 72 valence electrons. The fourth-order valence-electron chi connectivity index (χ4n) is 0.533. The quantitative estimate of drug-likeness (QED) is 0.343. The zero-order valence-corrected chi connectivity index (χ0v) is 7.80. The molecule has 0 saturated carbocycles. The molecular weight excluding hydrogens is 184 g/mol. The van der Waals surface area contributed by atoms with Crippen LogP contribution in [0, 0.1) is 0 Å². The standard InChI is InChI=1S/C7H13ClO4/c1-10-4-5-11-3-2-7(9)12-6-8/h2-6H2,1H3. The Kier molecular flexibility index (Phi) is 8.54. The molecule has 0 aromatic carbocycles. The van der Waals surface area contributed by atoms with Crippen molar-refractivity contribution in [2.75, 3.05) is 33.0 Å². The smallest absolute Gasteiger partial charge is 0.309 e. The predicted molar refractivity (Wildman–Crippen MR) is 44.1 cm³/mol. The third-order valence-electron chi connectivity index (χ3n) is 1.10. The summed E-state index contributed by atoms with van der Waals surface area (Å²) in [4.78, 5) is 10.7. The van der Waals surface area contributed by atoms with Gasteiger partial charge < -0.3 is 14.2 Å². The average Bonchev–Trinajstić information content (AvgIpc) is 2.05. The van der Waals surface area contributed by atoms with E-state index in [0.29, 0.717) is 19.8 Å². The number of carbonyl (C=O) groups is 1.